The Bertz CT molecular complexity index is 340. The number of hydrogen-bond acceptors (Lipinski definition) is 3. The first kappa shape index (κ1) is 11.4. The number of hydrogen-bond donors (Lipinski definition) is 1. The van der Waals surface area contributed by atoms with Crippen molar-refractivity contribution in [2.45, 2.75) is 25.6 Å². The van der Waals surface area contributed by atoms with Gasteiger partial charge < -0.3 is 14.7 Å². The van der Waals surface area contributed by atoms with Gasteiger partial charge in [0.05, 0.1) is 6.61 Å². The Morgan fingerprint density at radius 3 is 3.12 bits per heavy atom. The average Bonchev–Trinajstić information content (AvgIpc) is 2.29. The van der Waals surface area contributed by atoms with Crippen LogP contribution in [0.1, 0.15) is 18.4 Å². The number of aliphatic hydroxyl groups excluding tert-OH is 1. The molecule has 1 fully saturated rings. The fraction of sp³-hybridized carbons (Fsp3) is 0.538. The Morgan fingerprint density at radius 1 is 1.50 bits per heavy atom. The van der Waals surface area contributed by atoms with Gasteiger partial charge >= 0.3 is 0 Å². The Kier molecular flexibility index (Phi) is 3.80. The van der Waals surface area contributed by atoms with Crippen LogP contribution in [0.5, 0.6) is 5.75 Å². The Balaban J connectivity index is 1.97. The standard InChI is InChI=1S/C13H19NO2/c1-14-7-3-6-13(9-14)16-12-5-2-4-11(8-12)10-15/h2,4-5,8,13,15H,3,6-7,9-10H2,1H3. The van der Waals surface area contributed by atoms with E-state index >= 15 is 0 Å². The molecule has 0 spiro atoms. The maximum absolute atomic E-state index is 9.05. The maximum atomic E-state index is 9.05. The van der Waals surface area contributed by atoms with E-state index < -0.39 is 0 Å². The fourth-order valence-corrected chi connectivity index (χ4v) is 2.12. The monoisotopic (exact) mass is 221 g/mol. The zero-order valence-corrected chi connectivity index (χ0v) is 9.72. The van der Waals surface area contributed by atoms with E-state index in [-0.39, 0.29) is 12.7 Å². The Hall–Kier alpha value is -1.06. The van der Waals surface area contributed by atoms with Crippen LogP contribution in [0.4, 0.5) is 0 Å². The number of nitrogens with zero attached hydrogens (tertiary/aromatic N) is 1. The predicted molar refractivity (Wildman–Crippen MR) is 63.5 cm³/mol. The van der Waals surface area contributed by atoms with E-state index in [1.807, 2.05) is 24.3 Å². The molecule has 0 amide bonds. The molecule has 1 N–H and O–H groups in total. The predicted octanol–water partition coefficient (Wildman–Crippen LogP) is 1.65. The third-order valence-corrected chi connectivity index (χ3v) is 2.97. The van der Waals surface area contributed by atoms with Crippen LogP contribution in [0.2, 0.25) is 0 Å². The Morgan fingerprint density at radius 2 is 2.38 bits per heavy atom. The van der Waals surface area contributed by atoms with Crippen LogP contribution in [-0.2, 0) is 6.61 Å². The van der Waals surface area contributed by atoms with Crippen LogP contribution in [0, 0.1) is 0 Å². The van der Waals surface area contributed by atoms with Crippen LogP contribution in [0.3, 0.4) is 0 Å². The number of piperidine rings is 1. The lowest BCUT2D eigenvalue weighted by atomic mass is 10.1. The van der Waals surface area contributed by atoms with Gasteiger partial charge in [0.15, 0.2) is 0 Å². The Labute approximate surface area is 96.6 Å². The third kappa shape index (κ3) is 2.97. The number of ether oxygens (including phenoxy) is 1. The molecule has 3 nitrogen and oxygen atoms in total. The molecule has 3 heteroatoms. The van der Waals surface area contributed by atoms with Gasteiger partial charge in [-0.15, -0.1) is 0 Å². The molecule has 0 aliphatic carbocycles. The minimum atomic E-state index is 0.0712. The van der Waals surface area contributed by atoms with Gasteiger partial charge in [0.1, 0.15) is 11.9 Å². The molecule has 1 saturated heterocycles. The van der Waals surface area contributed by atoms with E-state index in [1.165, 1.54) is 6.42 Å². The molecular formula is C13H19NO2. The highest BCUT2D eigenvalue weighted by molar-refractivity contribution is 5.28. The first-order valence-corrected chi connectivity index (χ1v) is 5.83. The van der Waals surface area contributed by atoms with E-state index in [4.69, 9.17) is 9.84 Å². The quantitative estimate of drug-likeness (QED) is 0.842. The van der Waals surface area contributed by atoms with Crippen molar-refractivity contribution in [3.8, 4) is 5.75 Å². The van der Waals surface area contributed by atoms with Crippen molar-refractivity contribution in [3.63, 3.8) is 0 Å². The lowest BCUT2D eigenvalue weighted by molar-refractivity contribution is 0.104. The first-order valence-electron chi connectivity index (χ1n) is 5.83. The molecule has 16 heavy (non-hydrogen) atoms. The van der Waals surface area contributed by atoms with Crippen LogP contribution in [-0.4, -0.2) is 36.2 Å². The van der Waals surface area contributed by atoms with E-state index in [0.29, 0.717) is 0 Å². The molecular weight excluding hydrogens is 202 g/mol. The molecule has 1 unspecified atom stereocenters. The van der Waals surface area contributed by atoms with Crippen LogP contribution >= 0.6 is 0 Å². The average molecular weight is 221 g/mol. The molecule has 1 aromatic rings. The second-order valence-corrected chi connectivity index (χ2v) is 4.45. The summed E-state index contributed by atoms with van der Waals surface area (Å²) in [5.41, 5.74) is 0.904. The molecule has 0 radical (unpaired) electrons. The van der Waals surface area contributed by atoms with Crippen molar-refractivity contribution >= 4 is 0 Å². The highest BCUT2D eigenvalue weighted by Crippen LogP contribution is 2.19. The van der Waals surface area contributed by atoms with Crippen LogP contribution in [0.25, 0.3) is 0 Å². The van der Waals surface area contributed by atoms with E-state index in [1.54, 1.807) is 0 Å². The summed E-state index contributed by atoms with van der Waals surface area (Å²) in [6.45, 7) is 2.22. The smallest absolute Gasteiger partial charge is 0.120 e. The van der Waals surface area contributed by atoms with Crippen molar-refractivity contribution in [2.24, 2.45) is 0 Å². The molecule has 88 valence electrons. The zero-order valence-electron chi connectivity index (χ0n) is 9.72. The first-order chi connectivity index (χ1) is 7.78. The van der Waals surface area contributed by atoms with Crippen molar-refractivity contribution in [3.05, 3.63) is 29.8 Å². The number of rotatable bonds is 3. The second kappa shape index (κ2) is 5.32. The summed E-state index contributed by atoms with van der Waals surface area (Å²) in [6, 6.07) is 7.69. The molecule has 2 rings (SSSR count). The van der Waals surface area contributed by atoms with E-state index in [9.17, 15) is 0 Å². The summed E-state index contributed by atoms with van der Waals surface area (Å²) in [6.07, 6.45) is 2.60. The van der Waals surface area contributed by atoms with Gasteiger partial charge in [-0.1, -0.05) is 12.1 Å². The van der Waals surface area contributed by atoms with Gasteiger partial charge in [-0.3, -0.25) is 0 Å². The third-order valence-electron chi connectivity index (χ3n) is 2.97. The van der Waals surface area contributed by atoms with Crippen LogP contribution < -0.4 is 4.74 Å². The number of benzene rings is 1. The van der Waals surface area contributed by atoms with E-state index in [2.05, 4.69) is 11.9 Å². The molecule has 0 aromatic heterocycles. The van der Waals surface area contributed by atoms with Gasteiger partial charge in [-0.05, 0) is 44.1 Å². The highest BCUT2D eigenvalue weighted by atomic mass is 16.5. The molecule has 0 saturated carbocycles. The van der Waals surface area contributed by atoms with Gasteiger partial charge in [-0.25, -0.2) is 0 Å². The number of likely N-dealkylation sites (N-methyl/N-ethyl adjacent to an activating group) is 1. The summed E-state index contributed by atoms with van der Waals surface area (Å²) in [7, 11) is 2.12. The minimum absolute atomic E-state index is 0.0712. The van der Waals surface area contributed by atoms with Gasteiger partial charge in [0.2, 0.25) is 0 Å². The van der Waals surface area contributed by atoms with Crippen molar-refractivity contribution in [2.75, 3.05) is 20.1 Å². The lowest BCUT2D eigenvalue weighted by Crippen LogP contribution is -2.38. The summed E-state index contributed by atoms with van der Waals surface area (Å²) in [4.78, 5) is 2.30. The normalized spacial score (nSPS) is 22.0. The summed E-state index contributed by atoms with van der Waals surface area (Å²) < 4.78 is 5.92. The molecule has 0 bridgehead atoms. The maximum Gasteiger partial charge on any atom is 0.120 e. The SMILES string of the molecule is CN1CCCC(Oc2cccc(CO)c2)C1. The molecule has 1 aromatic carbocycles. The summed E-state index contributed by atoms with van der Waals surface area (Å²) >= 11 is 0. The minimum Gasteiger partial charge on any atom is -0.489 e. The lowest BCUT2D eigenvalue weighted by Gasteiger charge is -2.30. The summed E-state index contributed by atoms with van der Waals surface area (Å²) in [5, 5.41) is 9.05. The molecule has 1 heterocycles. The van der Waals surface area contributed by atoms with Crippen LogP contribution in [0.15, 0.2) is 24.3 Å². The van der Waals surface area contributed by atoms with Crippen molar-refractivity contribution in [1.82, 2.24) is 4.90 Å². The number of likely N-dealkylation sites (tertiary alicyclic amines) is 1. The summed E-state index contributed by atoms with van der Waals surface area (Å²) in [5.74, 6) is 0.867. The molecule has 1 aliphatic rings. The van der Waals surface area contributed by atoms with Gasteiger partial charge in [-0.2, -0.15) is 0 Å². The largest absolute Gasteiger partial charge is 0.489 e. The van der Waals surface area contributed by atoms with Crippen molar-refractivity contribution in [1.29, 1.82) is 0 Å². The topological polar surface area (TPSA) is 32.7 Å². The van der Waals surface area contributed by atoms with Crippen molar-refractivity contribution < 1.29 is 9.84 Å². The fourth-order valence-electron chi connectivity index (χ4n) is 2.12. The van der Waals surface area contributed by atoms with Gasteiger partial charge in [0, 0.05) is 6.54 Å². The van der Waals surface area contributed by atoms with Gasteiger partial charge in [0.25, 0.3) is 0 Å². The zero-order chi connectivity index (χ0) is 11.4. The number of aliphatic hydroxyl groups is 1. The van der Waals surface area contributed by atoms with E-state index in [0.717, 1.165) is 30.8 Å². The second-order valence-electron chi connectivity index (χ2n) is 4.45. The molecule has 1 aliphatic heterocycles. The highest BCUT2D eigenvalue weighted by Gasteiger charge is 2.18. The molecule has 1 atom stereocenters.